The van der Waals surface area contributed by atoms with Crippen molar-refractivity contribution < 1.29 is 0 Å². The van der Waals surface area contributed by atoms with Crippen molar-refractivity contribution in [3.63, 3.8) is 0 Å². The van der Waals surface area contributed by atoms with E-state index in [1.165, 1.54) is 22.3 Å². The van der Waals surface area contributed by atoms with E-state index in [4.69, 9.17) is 0 Å². The van der Waals surface area contributed by atoms with Crippen LogP contribution in [0.1, 0.15) is 37.9 Å². The van der Waals surface area contributed by atoms with Crippen LogP contribution in [0, 0.1) is 5.41 Å². The second-order valence-electron chi connectivity index (χ2n) is 6.78. The minimum absolute atomic E-state index is 0.241. The molecule has 104 valence electrons. The van der Waals surface area contributed by atoms with Gasteiger partial charge in [0, 0.05) is 6.04 Å². The molecule has 1 unspecified atom stereocenters. The van der Waals surface area contributed by atoms with Crippen LogP contribution in [0.5, 0.6) is 0 Å². The fourth-order valence-electron chi connectivity index (χ4n) is 3.14. The van der Waals surface area contributed by atoms with Crippen molar-refractivity contribution in [3.8, 4) is 11.1 Å². The van der Waals surface area contributed by atoms with Crippen LogP contribution in [0.2, 0.25) is 0 Å². The highest BCUT2D eigenvalue weighted by Crippen LogP contribution is 2.38. The van der Waals surface area contributed by atoms with E-state index < -0.39 is 0 Å². The molecule has 2 aromatic rings. The Morgan fingerprint density at radius 2 is 1.70 bits per heavy atom. The first-order chi connectivity index (χ1) is 9.55. The molecule has 1 nitrogen and oxygen atoms in total. The van der Waals surface area contributed by atoms with Crippen molar-refractivity contribution in [3.05, 3.63) is 59.7 Å². The maximum atomic E-state index is 3.69. The van der Waals surface area contributed by atoms with Crippen LogP contribution >= 0.6 is 0 Å². The van der Waals surface area contributed by atoms with Gasteiger partial charge >= 0.3 is 0 Å². The number of hydrogen-bond donors (Lipinski definition) is 1. The summed E-state index contributed by atoms with van der Waals surface area (Å²) < 4.78 is 0. The smallest absolute Gasteiger partial charge is 0.0372 e. The van der Waals surface area contributed by atoms with Crippen molar-refractivity contribution in [2.75, 3.05) is 6.54 Å². The van der Waals surface area contributed by atoms with E-state index >= 15 is 0 Å². The van der Waals surface area contributed by atoms with E-state index in [2.05, 4.69) is 74.6 Å². The van der Waals surface area contributed by atoms with Gasteiger partial charge in [-0.3, -0.25) is 0 Å². The minimum atomic E-state index is 0.241. The van der Waals surface area contributed by atoms with Gasteiger partial charge in [0.1, 0.15) is 0 Å². The quantitative estimate of drug-likeness (QED) is 0.795. The van der Waals surface area contributed by atoms with E-state index in [0.29, 0.717) is 6.04 Å². The Bertz CT molecular complexity index is 593. The number of rotatable bonds is 1. The average molecular weight is 265 g/mol. The highest BCUT2D eigenvalue weighted by Gasteiger charge is 2.30. The van der Waals surface area contributed by atoms with Gasteiger partial charge in [0.05, 0.1) is 0 Å². The van der Waals surface area contributed by atoms with Gasteiger partial charge < -0.3 is 5.32 Å². The Morgan fingerprint density at radius 3 is 2.40 bits per heavy atom. The zero-order valence-electron chi connectivity index (χ0n) is 12.6. The van der Waals surface area contributed by atoms with Crippen LogP contribution in [-0.2, 0) is 6.42 Å². The van der Waals surface area contributed by atoms with Crippen LogP contribution < -0.4 is 5.32 Å². The highest BCUT2D eigenvalue weighted by atomic mass is 14.9. The normalized spacial score (nSPS) is 18.6. The van der Waals surface area contributed by atoms with Crippen molar-refractivity contribution >= 4 is 0 Å². The summed E-state index contributed by atoms with van der Waals surface area (Å²) >= 11 is 0. The number of hydrogen-bond acceptors (Lipinski definition) is 1. The zero-order chi connectivity index (χ0) is 14.2. The van der Waals surface area contributed by atoms with Gasteiger partial charge in [-0.05, 0) is 46.7 Å². The number of benzene rings is 2. The lowest BCUT2D eigenvalue weighted by atomic mass is 9.77. The first-order valence-electron chi connectivity index (χ1n) is 7.47. The summed E-state index contributed by atoms with van der Waals surface area (Å²) in [6.45, 7) is 8.03. The molecule has 1 aliphatic heterocycles. The largest absolute Gasteiger partial charge is 0.309 e. The third-order valence-electron chi connectivity index (χ3n) is 4.17. The lowest BCUT2D eigenvalue weighted by Crippen LogP contribution is -2.37. The molecule has 3 rings (SSSR count). The molecule has 0 spiro atoms. The Kier molecular flexibility index (Phi) is 3.39. The van der Waals surface area contributed by atoms with Crippen molar-refractivity contribution in [2.24, 2.45) is 5.41 Å². The molecule has 0 bridgehead atoms. The number of fused-ring (bicyclic) bond motifs is 1. The standard InChI is InChI=1S/C19H23N/c1-19(2,3)18-17-13-16(14-7-5-4-6-8-14)10-9-15(17)11-12-20-18/h4-10,13,18,20H,11-12H2,1-3H3. The Hall–Kier alpha value is -1.60. The fourth-order valence-corrected chi connectivity index (χ4v) is 3.14. The van der Waals surface area contributed by atoms with E-state index in [9.17, 15) is 0 Å². The summed E-state index contributed by atoms with van der Waals surface area (Å²) in [6.07, 6.45) is 1.14. The molecule has 2 aromatic carbocycles. The molecule has 1 heterocycles. The molecule has 20 heavy (non-hydrogen) atoms. The van der Waals surface area contributed by atoms with Gasteiger partial charge in [0.25, 0.3) is 0 Å². The molecule has 1 atom stereocenters. The van der Waals surface area contributed by atoms with Crippen LogP contribution in [0.25, 0.3) is 11.1 Å². The Balaban J connectivity index is 2.07. The first kappa shape index (κ1) is 13.4. The summed E-state index contributed by atoms with van der Waals surface area (Å²) in [5, 5.41) is 3.69. The molecule has 0 radical (unpaired) electrons. The second-order valence-corrected chi connectivity index (χ2v) is 6.78. The summed E-state index contributed by atoms with van der Waals surface area (Å²) in [7, 11) is 0. The van der Waals surface area contributed by atoms with Crippen molar-refractivity contribution in [1.29, 1.82) is 0 Å². The molecule has 0 saturated carbocycles. The van der Waals surface area contributed by atoms with E-state index in [0.717, 1.165) is 13.0 Å². The predicted molar refractivity (Wildman–Crippen MR) is 85.8 cm³/mol. The van der Waals surface area contributed by atoms with Crippen molar-refractivity contribution in [2.45, 2.75) is 33.2 Å². The molecule has 1 heteroatoms. The summed E-state index contributed by atoms with van der Waals surface area (Å²) in [6, 6.07) is 18.1. The SMILES string of the molecule is CC(C)(C)C1NCCc2ccc(-c3ccccc3)cc21. The second kappa shape index (κ2) is 5.06. The summed E-state index contributed by atoms with van der Waals surface area (Å²) in [5.41, 5.74) is 5.84. The van der Waals surface area contributed by atoms with E-state index in [1.807, 2.05) is 0 Å². The van der Waals surface area contributed by atoms with Crippen LogP contribution in [0.3, 0.4) is 0 Å². The minimum Gasteiger partial charge on any atom is -0.309 e. The van der Waals surface area contributed by atoms with Gasteiger partial charge in [-0.2, -0.15) is 0 Å². The summed E-state index contributed by atoms with van der Waals surface area (Å²) in [5.74, 6) is 0. The first-order valence-corrected chi connectivity index (χ1v) is 7.47. The molecule has 0 saturated heterocycles. The van der Waals surface area contributed by atoms with Gasteiger partial charge in [-0.25, -0.2) is 0 Å². The average Bonchev–Trinajstić information content (AvgIpc) is 2.46. The zero-order valence-corrected chi connectivity index (χ0v) is 12.6. The predicted octanol–water partition coefficient (Wildman–Crippen LogP) is 4.59. The molecular weight excluding hydrogens is 242 g/mol. The monoisotopic (exact) mass is 265 g/mol. The molecule has 1 N–H and O–H groups in total. The topological polar surface area (TPSA) is 12.0 Å². The fraction of sp³-hybridized carbons (Fsp3) is 0.368. The molecule has 0 aliphatic carbocycles. The third-order valence-corrected chi connectivity index (χ3v) is 4.17. The molecule has 0 fully saturated rings. The molecule has 0 amide bonds. The molecule has 1 aliphatic rings. The van der Waals surface area contributed by atoms with Gasteiger partial charge in [-0.15, -0.1) is 0 Å². The molecule has 0 aromatic heterocycles. The summed E-state index contributed by atoms with van der Waals surface area (Å²) in [4.78, 5) is 0. The highest BCUT2D eigenvalue weighted by molar-refractivity contribution is 5.65. The van der Waals surface area contributed by atoms with E-state index in [1.54, 1.807) is 0 Å². The van der Waals surface area contributed by atoms with Crippen LogP contribution in [0.15, 0.2) is 48.5 Å². The van der Waals surface area contributed by atoms with Gasteiger partial charge in [-0.1, -0.05) is 63.2 Å². The van der Waals surface area contributed by atoms with Crippen molar-refractivity contribution in [1.82, 2.24) is 5.32 Å². The maximum absolute atomic E-state index is 3.69. The van der Waals surface area contributed by atoms with Crippen LogP contribution in [0.4, 0.5) is 0 Å². The van der Waals surface area contributed by atoms with Gasteiger partial charge in [0.15, 0.2) is 0 Å². The Morgan fingerprint density at radius 1 is 0.950 bits per heavy atom. The third kappa shape index (κ3) is 2.51. The van der Waals surface area contributed by atoms with Gasteiger partial charge in [0.2, 0.25) is 0 Å². The lowest BCUT2D eigenvalue weighted by Gasteiger charge is -2.37. The van der Waals surface area contributed by atoms with E-state index in [-0.39, 0.29) is 5.41 Å². The Labute approximate surface area is 122 Å². The van der Waals surface area contributed by atoms with Crippen LogP contribution in [-0.4, -0.2) is 6.54 Å². The molecular formula is C19H23N. The lowest BCUT2D eigenvalue weighted by molar-refractivity contribution is 0.264. The maximum Gasteiger partial charge on any atom is 0.0372 e. The number of nitrogens with one attached hydrogen (secondary N) is 1.